The van der Waals surface area contributed by atoms with E-state index in [2.05, 4.69) is 20.4 Å². The summed E-state index contributed by atoms with van der Waals surface area (Å²) in [5, 5.41) is 8.41. The molecule has 2 N–H and O–H groups in total. The van der Waals surface area contributed by atoms with Gasteiger partial charge >= 0.3 is 0 Å². The van der Waals surface area contributed by atoms with E-state index >= 15 is 0 Å². The van der Waals surface area contributed by atoms with Gasteiger partial charge in [-0.2, -0.15) is 5.10 Å². The number of pyridine rings is 2. The molecule has 0 saturated carbocycles. The maximum atomic E-state index is 12.9. The van der Waals surface area contributed by atoms with Crippen LogP contribution < -0.4 is 10.9 Å². The molecular weight excluding hydrogens is 390 g/mol. The molecule has 0 saturated heterocycles. The number of hydrogen-bond acceptors (Lipinski definition) is 4. The highest BCUT2D eigenvalue weighted by molar-refractivity contribution is 5.83. The van der Waals surface area contributed by atoms with Gasteiger partial charge in [-0.15, -0.1) is 0 Å². The monoisotopic (exact) mass is 415 g/mol. The molecule has 31 heavy (non-hydrogen) atoms. The summed E-state index contributed by atoms with van der Waals surface area (Å²) < 4.78 is 1.67. The van der Waals surface area contributed by atoms with Crippen LogP contribution in [0.1, 0.15) is 40.5 Å². The second-order valence-electron chi connectivity index (χ2n) is 7.66. The Morgan fingerprint density at radius 2 is 1.87 bits per heavy atom. The van der Waals surface area contributed by atoms with E-state index in [-0.39, 0.29) is 23.9 Å². The summed E-state index contributed by atoms with van der Waals surface area (Å²) in [6, 6.07) is 15.0. The van der Waals surface area contributed by atoms with Crippen LogP contribution >= 0.6 is 0 Å². The lowest BCUT2D eigenvalue weighted by Crippen LogP contribution is -2.30. The van der Waals surface area contributed by atoms with Gasteiger partial charge in [-0.3, -0.25) is 19.3 Å². The number of aromatic amines is 1. The van der Waals surface area contributed by atoms with Crippen LogP contribution in [-0.2, 0) is 18.3 Å². The van der Waals surface area contributed by atoms with Crippen molar-refractivity contribution in [2.24, 2.45) is 7.05 Å². The number of carbonyl (C=O) groups excluding carboxylic acids is 1. The zero-order chi connectivity index (χ0) is 22.0. The molecule has 158 valence electrons. The van der Waals surface area contributed by atoms with Gasteiger partial charge in [0, 0.05) is 30.6 Å². The molecule has 0 fully saturated rings. The number of nitrogens with zero attached hydrogens (tertiary/aromatic N) is 3. The molecule has 0 radical (unpaired) electrons. The Hall–Kier alpha value is -3.74. The largest absolute Gasteiger partial charge is 0.344 e. The molecule has 0 unspecified atom stereocenters. The molecule has 3 heterocycles. The average molecular weight is 415 g/mol. The van der Waals surface area contributed by atoms with Gasteiger partial charge in [0.25, 0.3) is 5.56 Å². The number of H-pyrrole nitrogens is 1. The minimum Gasteiger partial charge on any atom is -0.344 e. The second kappa shape index (κ2) is 8.55. The number of rotatable bonds is 6. The maximum absolute atomic E-state index is 12.9. The normalized spacial score (nSPS) is 12.1. The second-order valence-corrected chi connectivity index (χ2v) is 7.66. The van der Waals surface area contributed by atoms with E-state index in [0.29, 0.717) is 17.6 Å². The third-order valence-electron chi connectivity index (χ3n) is 5.58. The van der Waals surface area contributed by atoms with Gasteiger partial charge in [-0.05, 0) is 43.5 Å². The van der Waals surface area contributed by atoms with Crippen molar-refractivity contribution in [1.82, 2.24) is 25.1 Å². The van der Waals surface area contributed by atoms with Crippen LogP contribution in [0.4, 0.5) is 0 Å². The molecular formula is C24H25N5O2. The van der Waals surface area contributed by atoms with Crippen LogP contribution in [0.2, 0.25) is 0 Å². The number of fused-ring (bicyclic) bond motifs is 1. The van der Waals surface area contributed by atoms with Gasteiger partial charge in [0.15, 0.2) is 0 Å². The van der Waals surface area contributed by atoms with Gasteiger partial charge in [0.2, 0.25) is 5.91 Å². The predicted molar refractivity (Wildman–Crippen MR) is 120 cm³/mol. The summed E-state index contributed by atoms with van der Waals surface area (Å²) >= 11 is 0. The first-order valence-electron chi connectivity index (χ1n) is 10.3. The Morgan fingerprint density at radius 1 is 1.13 bits per heavy atom. The van der Waals surface area contributed by atoms with E-state index in [9.17, 15) is 9.59 Å². The SMILES string of the molecule is Cc1nn(C)c2[nH]c(=O)c(CCC(=O)N[C@@H](c3ccccc3)c3ccccn3)c(C)c12. The number of aryl methyl sites for hydroxylation is 3. The lowest BCUT2D eigenvalue weighted by atomic mass is 10.0. The van der Waals surface area contributed by atoms with Crippen molar-refractivity contribution in [2.45, 2.75) is 32.7 Å². The fraction of sp³-hybridized carbons (Fsp3) is 0.250. The highest BCUT2D eigenvalue weighted by Gasteiger charge is 2.19. The fourth-order valence-electron chi connectivity index (χ4n) is 4.05. The first kappa shape index (κ1) is 20.5. The highest BCUT2D eigenvalue weighted by atomic mass is 16.1. The summed E-state index contributed by atoms with van der Waals surface area (Å²) in [5.41, 5.74) is 4.60. The van der Waals surface area contributed by atoms with Gasteiger partial charge in [-0.25, -0.2) is 0 Å². The minimum atomic E-state index is -0.350. The van der Waals surface area contributed by atoms with Crippen LogP contribution in [0.25, 0.3) is 11.0 Å². The molecule has 3 aromatic heterocycles. The van der Waals surface area contributed by atoms with Crippen LogP contribution in [0.3, 0.4) is 0 Å². The molecule has 4 rings (SSSR count). The smallest absolute Gasteiger partial charge is 0.253 e. The molecule has 0 bridgehead atoms. The zero-order valence-electron chi connectivity index (χ0n) is 17.8. The Morgan fingerprint density at radius 3 is 2.58 bits per heavy atom. The van der Waals surface area contributed by atoms with Crippen LogP contribution in [0, 0.1) is 13.8 Å². The average Bonchev–Trinajstić information content (AvgIpc) is 3.06. The number of amides is 1. The summed E-state index contributed by atoms with van der Waals surface area (Å²) in [5.74, 6) is -0.138. The fourth-order valence-corrected chi connectivity index (χ4v) is 4.05. The van der Waals surface area contributed by atoms with Gasteiger partial charge < -0.3 is 10.3 Å². The van der Waals surface area contributed by atoms with Crippen molar-refractivity contribution in [3.8, 4) is 0 Å². The van der Waals surface area contributed by atoms with E-state index in [1.807, 2.05) is 62.4 Å². The highest BCUT2D eigenvalue weighted by Crippen LogP contribution is 2.22. The molecule has 0 aliphatic carbocycles. The standard InChI is InChI=1S/C24H25N5O2/c1-15-18(24(31)27-23-21(15)16(2)28-29(23)3)12-13-20(30)26-22(17-9-5-4-6-10-17)19-11-7-8-14-25-19/h4-11,14,22H,12-13H2,1-3H3,(H,26,30)(H,27,31)/t22-/m0/s1. The lowest BCUT2D eigenvalue weighted by Gasteiger charge is -2.19. The van der Waals surface area contributed by atoms with Gasteiger partial charge in [0.05, 0.1) is 17.4 Å². The molecule has 0 aliphatic heterocycles. The van der Waals surface area contributed by atoms with E-state index < -0.39 is 0 Å². The summed E-state index contributed by atoms with van der Waals surface area (Å²) in [6.07, 6.45) is 2.26. The Balaban J connectivity index is 1.56. The van der Waals surface area contributed by atoms with Crippen LogP contribution in [0.5, 0.6) is 0 Å². The minimum absolute atomic E-state index is 0.138. The molecule has 4 aromatic rings. The number of hydrogen-bond donors (Lipinski definition) is 2. The number of carbonyl (C=O) groups is 1. The van der Waals surface area contributed by atoms with E-state index in [0.717, 1.165) is 27.9 Å². The summed E-state index contributed by atoms with van der Waals surface area (Å²) in [4.78, 5) is 32.8. The molecule has 1 atom stereocenters. The third-order valence-corrected chi connectivity index (χ3v) is 5.58. The third kappa shape index (κ3) is 4.12. The zero-order valence-corrected chi connectivity index (χ0v) is 17.8. The van der Waals surface area contributed by atoms with E-state index in [1.54, 1.807) is 17.9 Å². The van der Waals surface area contributed by atoms with Gasteiger partial charge in [-0.1, -0.05) is 36.4 Å². The first-order valence-corrected chi connectivity index (χ1v) is 10.3. The number of aromatic nitrogens is 4. The van der Waals surface area contributed by atoms with Crippen LogP contribution in [-0.4, -0.2) is 25.7 Å². The summed E-state index contributed by atoms with van der Waals surface area (Å²) in [7, 11) is 1.80. The topological polar surface area (TPSA) is 92.7 Å². The van der Waals surface area contributed by atoms with Crippen molar-refractivity contribution in [3.63, 3.8) is 0 Å². The van der Waals surface area contributed by atoms with Crippen molar-refractivity contribution in [1.29, 1.82) is 0 Å². The Kier molecular flexibility index (Phi) is 5.66. The molecule has 1 aromatic carbocycles. The predicted octanol–water partition coefficient (Wildman–Crippen LogP) is 3.11. The lowest BCUT2D eigenvalue weighted by molar-refractivity contribution is -0.121. The summed E-state index contributed by atoms with van der Waals surface area (Å²) in [6.45, 7) is 3.83. The first-order chi connectivity index (χ1) is 15.0. The molecule has 7 heteroatoms. The van der Waals surface area contributed by atoms with Crippen molar-refractivity contribution in [3.05, 3.63) is 93.2 Å². The van der Waals surface area contributed by atoms with E-state index in [4.69, 9.17) is 0 Å². The van der Waals surface area contributed by atoms with Crippen LogP contribution in [0.15, 0.2) is 59.5 Å². The molecule has 1 amide bonds. The van der Waals surface area contributed by atoms with Crippen molar-refractivity contribution < 1.29 is 4.79 Å². The quantitative estimate of drug-likeness (QED) is 0.506. The Labute approximate surface area is 180 Å². The Bertz CT molecular complexity index is 1240. The number of nitrogens with one attached hydrogen (secondary N) is 2. The van der Waals surface area contributed by atoms with E-state index in [1.165, 1.54) is 0 Å². The maximum Gasteiger partial charge on any atom is 0.253 e. The molecule has 0 aliphatic rings. The van der Waals surface area contributed by atoms with Crippen molar-refractivity contribution >= 4 is 16.9 Å². The molecule has 0 spiro atoms. The van der Waals surface area contributed by atoms with Gasteiger partial charge in [0.1, 0.15) is 5.65 Å². The molecule has 7 nitrogen and oxygen atoms in total. The number of benzene rings is 1. The van der Waals surface area contributed by atoms with Crippen molar-refractivity contribution in [2.75, 3.05) is 0 Å².